The van der Waals surface area contributed by atoms with E-state index in [1.165, 1.54) is 43.4 Å². The molecule has 148 valence electrons. The smallest absolute Gasteiger partial charge is 0.265 e. The lowest BCUT2D eigenvalue weighted by Gasteiger charge is -2.35. The molecule has 2 aliphatic heterocycles. The number of piperazine rings is 1. The summed E-state index contributed by atoms with van der Waals surface area (Å²) in [6.45, 7) is 3.30. The first-order valence-corrected chi connectivity index (χ1v) is 11.2. The highest BCUT2D eigenvalue weighted by molar-refractivity contribution is 7.13. The first kappa shape index (κ1) is 18.9. The van der Waals surface area contributed by atoms with Crippen LogP contribution >= 0.6 is 11.3 Å². The fourth-order valence-electron chi connectivity index (χ4n) is 4.39. The number of nitrogens with zero attached hydrogens (tertiary/aromatic N) is 3. The van der Waals surface area contributed by atoms with Gasteiger partial charge in [0.2, 0.25) is 5.91 Å². The van der Waals surface area contributed by atoms with Gasteiger partial charge in [-0.2, -0.15) is 0 Å². The van der Waals surface area contributed by atoms with Gasteiger partial charge in [-0.05, 0) is 31.6 Å². The van der Waals surface area contributed by atoms with Crippen molar-refractivity contribution in [2.45, 2.75) is 57.5 Å². The van der Waals surface area contributed by atoms with E-state index in [1.807, 2.05) is 9.80 Å². The number of carbonyl (C=O) groups excluding carboxylic acids is 2. The number of ether oxygens (including phenoxy) is 1. The number of carbonyl (C=O) groups is 2. The van der Waals surface area contributed by atoms with Gasteiger partial charge in [-0.3, -0.25) is 9.59 Å². The second kappa shape index (κ2) is 8.69. The maximum absolute atomic E-state index is 12.8. The summed E-state index contributed by atoms with van der Waals surface area (Å²) in [5, 5.41) is 0.914. The molecule has 1 aromatic rings. The van der Waals surface area contributed by atoms with Crippen molar-refractivity contribution in [2.24, 2.45) is 5.92 Å². The SMILES string of the molecule is O=C(CC1CCCCC1)N1CCN(C(=O)c2cnc(C3CCCO3)s2)CC1. The summed E-state index contributed by atoms with van der Waals surface area (Å²) in [5.41, 5.74) is 0. The standard InChI is InChI=1S/C20H29N3O3S/c24-18(13-15-5-2-1-3-6-15)22-8-10-23(11-9-22)20(25)17-14-21-19(27-17)16-7-4-12-26-16/h14-16H,1-13H2. The first-order chi connectivity index (χ1) is 13.2. The van der Waals surface area contributed by atoms with Crippen LogP contribution in [0.25, 0.3) is 0 Å². The van der Waals surface area contributed by atoms with Crippen molar-refractivity contribution in [1.82, 2.24) is 14.8 Å². The molecule has 0 spiro atoms. The molecule has 2 saturated heterocycles. The minimum atomic E-state index is 0.0381. The maximum atomic E-state index is 12.8. The van der Waals surface area contributed by atoms with E-state index in [1.54, 1.807) is 6.20 Å². The minimum Gasteiger partial charge on any atom is -0.371 e. The van der Waals surface area contributed by atoms with Crippen LogP contribution in [-0.2, 0) is 9.53 Å². The van der Waals surface area contributed by atoms with Crippen molar-refractivity contribution < 1.29 is 14.3 Å². The molecular formula is C20H29N3O3S. The Hall–Kier alpha value is -1.47. The topological polar surface area (TPSA) is 62.7 Å². The zero-order valence-electron chi connectivity index (χ0n) is 15.9. The molecule has 0 aromatic carbocycles. The summed E-state index contributed by atoms with van der Waals surface area (Å²) in [6, 6.07) is 0. The van der Waals surface area contributed by atoms with Crippen LogP contribution in [0.4, 0.5) is 0 Å². The Morgan fingerprint density at radius 2 is 1.78 bits per heavy atom. The summed E-state index contributed by atoms with van der Waals surface area (Å²) in [4.78, 5) is 34.2. The quantitative estimate of drug-likeness (QED) is 0.790. The summed E-state index contributed by atoms with van der Waals surface area (Å²) < 4.78 is 5.66. The van der Waals surface area contributed by atoms with Gasteiger partial charge in [0.1, 0.15) is 16.0 Å². The molecule has 3 heterocycles. The van der Waals surface area contributed by atoms with Crippen molar-refractivity contribution >= 4 is 23.2 Å². The largest absolute Gasteiger partial charge is 0.371 e. The van der Waals surface area contributed by atoms with Gasteiger partial charge in [0.15, 0.2) is 0 Å². The molecule has 3 aliphatic rings. The molecule has 3 fully saturated rings. The van der Waals surface area contributed by atoms with E-state index in [0.717, 1.165) is 24.5 Å². The van der Waals surface area contributed by atoms with E-state index in [4.69, 9.17) is 4.74 Å². The number of rotatable bonds is 4. The van der Waals surface area contributed by atoms with Gasteiger partial charge in [0, 0.05) is 39.2 Å². The Morgan fingerprint density at radius 3 is 2.48 bits per heavy atom. The third-order valence-corrected chi connectivity index (χ3v) is 7.12. The van der Waals surface area contributed by atoms with E-state index >= 15 is 0 Å². The molecule has 1 aliphatic carbocycles. The minimum absolute atomic E-state index is 0.0381. The third-order valence-electron chi connectivity index (χ3n) is 6.05. The molecule has 1 aromatic heterocycles. The van der Waals surface area contributed by atoms with Gasteiger partial charge in [-0.15, -0.1) is 11.3 Å². The number of amides is 2. The highest BCUT2D eigenvalue weighted by atomic mass is 32.1. The normalized spacial score (nSPS) is 24.4. The van der Waals surface area contributed by atoms with Gasteiger partial charge >= 0.3 is 0 Å². The number of hydrogen-bond donors (Lipinski definition) is 0. The highest BCUT2D eigenvalue weighted by Crippen LogP contribution is 2.32. The average molecular weight is 392 g/mol. The number of thiazole rings is 1. The molecule has 1 saturated carbocycles. The van der Waals surface area contributed by atoms with Gasteiger partial charge in [0.25, 0.3) is 5.91 Å². The Bertz CT molecular complexity index is 657. The predicted octanol–water partition coefficient (Wildman–Crippen LogP) is 3.25. The molecule has 27 heavy (non-hydrogen) atoms. The van der Waals surface area contributed by atoms with Crippen molar-refractivity contribution in [2.75, 3.05) is 32.8 Å². The molecule has 4 rings (SSSR count). The van der Waals surface area contributed by atoms with Gasteiger partial charge < -0.3 is 14.5 Å². The Morgan fingerprint density at radius 1 is 1.04 bits per heavy atom. The van der Waals surface area contributed by atoms with E-state index in [9.17, 15) is 9.59 Å². The van der Waals surface area contributed by atoms with Crippen molar-refractivity contribution in [1.29, 1.82) is 0 Å². The molecule has 7 heteroatoms. The van der Waals surface area contributed by atoms with Crippen molar-refractivity contribution in [3.63, 3.8) is 0 Å². The van der Waals surface area contributed by atoms with Gasteiger partial charge in [-0.25, -0.2) is 4.98 Å². The van der Waals surface area contributed by atoms with E-state index in [0.29, 0.717) is 43.4 Å². The van der Waals surface area contributed by atoms with Crippen LogP contribution < -0.4 is 0 Å². The summed E-state index contributed by atoms with van der Waals surface area (Å²) >= 11 is 1.45. The summed E-state index contributed by atoms with van der Waals surface area (Å²) in [7, 11) is 0. The second-order valence-corrected chi connectivity index (χ2v) is 9.01. The summed E-state index contributed by atoms with van der Waals surface area (Å²) in [5.74, 6) is 0.878. The zero-order chi connectivity index (χ0) is 18.6. The Kier molecular flexibility index (Phi) is 6.08. The van der Waals surface area contributed by atoms with E-state index in [-0.39, 0.29) is 17.9 Å². The van der Waals surface area contributed by atoms with Crippen molar-refractivity contribution in [3.8, 4) is 0 Å². The lowest BCUT2D eigenvalue weighted by atomic mass is 9.86. The molecular weight excluding hydrogens is 362 g/mol. The fourth-order valence-corrected chi connectivity index (χ4v) is 5.36. The van der Waals surface area contributed by atoms with Gasteiger partial charge in [-0.1, -0.05) is 19.3 Å². The fraction of sp³-hybridized carbons (Fsp3) is 0.750. The van der Waals surface area contributed by atoms with Crippen LogP contribution in [0, 0.1) is 5.92 Å². The second-order valence-electron chi connectivity index (χ2n) is 7.95. The third kappa shape index (κ3) is 4.51. The van der Waals surface area contributed by atoms with E-state index in [2.05, 4.69) is 4.98 Å². The predicted molar refractivity (Wildman–Crippen MR) is 104 cm³/mol. The summed E-state index contributed by atoms with van der Waals surface area (Å²) in [6.07, 6.45) is 10.7. The Labute approximate surface area is 164 Å². The average Bonchev–Trinajstić information content (AvgIpc) is 3.40. The molecule has 6 nitrogen and oxygen atoms in total. The molecule has 0 radical (unpaired) electrons. The highest BCUT2D eigenvalue weighted by Gasteiger charge is 2.29. The van der Waals surface area contributed by atoms with Gasteiger partial charge in [0.05, 0.1) is 6.20 Å². The van der Waals surface area contributed by atoms with Crippen LogP contribution in [0.15, 0.2) is 6.20 Å². The van der Waals surface area contributed by atoms with Crippen LogP contribution in [0.3, 0.4) is 0 Å². The first-order valence-electron chi connectivity index (χ1n) is 10.3. The Balaban J connectivity index is 1.27. The lowest BCUT2D eigenvalue weighted by Crippen LogP contribution is -2.50. The van der Waals surface area contributed by atoms with Crippen LogP contribution in [-0.4, -0.2) is 59.4 Å². The molecule has 2 amide bonds. The van der Waals surface area contributed by atoms with Crippen LogP contribution in [0.1, 0.15) is 72.1 Å². The monoisotopic (exact) mass is 391 g/mol. The molecule has 0 N–H and O–H groups in total. The maximum Gasteiger partial charge on any atom is 0.265 e. The molecule has 0 bridgehead atoms. The molecule has 1 unspecified atom stereocenters. The number of hydrogen-bond acceptors (Lipinski definition) is 5. The van der Waals surface area contributed by atoms with E-state index < -0.39 is 0 Å². The lowest BCUT2D eigenvalue weighted by molar-refractivity contribution is -0.133. The van der Waals surface area contributed by atoms with Crippen LogP contribution in [0.2, 0.25) is 0 Å². The van der Waals surface area contributed by atoms with Crippen molar-refractivity contribution in [3.05, 3.63) is 16.1 Å². The van der Waals surface area contributed by atoms with Crippen LogP contribution in [0.5, 0.6) is 0 Å². The zero-order valence-corrected chi connectivity index (χ0v) is 16.7. The number of aromatic nitrogens is 1. The molecule has 1 atom stereocenters.